The van der Waals surface area contributed by atoms with Crippen molar-refractivity contribution >= 4 is 0 Å². The lowest BCUT2D eigenvalue weighted by Gasteiger charge is -2.00. The van der Waals surface area contributed by atoms with Crippen molar-refractivity contribution in [2.75, 3.05) is 0 Å². The molecule has 15 heavy (non-hydrogen) atoms. The smallest absolute Gasteiger partial charge is 0.209 e. The number of nitrogens with one attached hydrogen (secondary N) is 1. The molecule has 0 spiro atoms. The third-order valence-electron chi connectivity index (χ3n) is 2.36. The molecule has 0 bridgehead atoms. The Bertz CT molecular complexity index is 448. The van der Waals surface area contributed by atoms with E-state index in [0.717, 1.165) is 12.0 Å². The number of aryl methyl sites for hydroxylation is 1. The molecule has 2 rings (SSSR count). The van der Waals surface area contributed by atoms with E-state index in [1.807, 2.05) is 6.20 Å². The Morgan fingerprint density at radius 3 is 2.47 bits per heavy atom. The summed E-state index contributed by atoms with van der Waals surface area (Å²) in [6, 6.07) is 10.2. The van der Waals surface area contributed by atoms with E-state index in [-0.39, 0.29) is 5.75 Å². The van der Waals surface area contributed by atoms with E-state index < -0.39 is 0 Å². The highest BCUT2D eigenvalue weighted by atomic mass is 16.3. The fraction of sp³-hybridized carbons (Fsp3) is 0.154. The third kappa shape index (κ3) is 2.56. The lowest BCUT2D eigenvalue weighted by molar-refractivity contribution is -0.379. The first-order valence-electron chi connectivity index (χ1n) is 4.98. The van der Waals surface area contributed by atoms with Crippen LogP contribution in [0.5, 0.6) is 5.75 Å². The first-order valence-corrected chi connectivity index (χ1v) is 4.98. The standard InChI is InChI=1S/C13H13NO/c1-10-2-4-11(5-3-10)6-12-7-13(15)9-14-8-12/h2-5,7-9,15H,6H2,1H3/p+1. The van der Waals surface area contributed by atoms with Gasteiger partial charge in [0.2, 0.25) is 6.20 Å². The molecule has 2 nitrogen and oxygen atoms in total. The second kappa shape index (κ2) is 4.13. The maximum atomic E-state index is 9.30. The second-order valence-corrected chi connectivity index (χ2v) is 3.76. The van der Waals surface area contributed by atoms with E-state index in [1.54, 1.807) is 12.3 Å². The highest BCUT2D eigenvalue weighted by Crippen LogP contribution is 2.12. The van der Waals surface area contributed by atoms with Gasteiger partial charge in [-0.3, -0.25) is 0 Å². The van der Waals surface area contributed by atoms with E-state index in [1.165, 1.54) is 11.1 Å². The maximum absolute atomic E-state index is 9.30. The minimum atomic E-state index is 0.277. The van der Waals surface area contributed by atoms with Crippen LogP contribution in [0.15, 0.2) is 42.7 Å². The van der Waals surface area contributed by atoms with Gasteiger partial charge in [-0.15, -0.1) is 0 Å². The molecule has 2 aromatic rings. The molecule has 0 saturated carbocycles. The molecule has 0 radical (unpaired) electrons. The summed E-state index contributed by atoms with van der Waals surface area (Å²) in [6.45, 7) is 2.08. The van der Waals surface area contributed by atoms with Crippen LogP contribution < -0.4 is 4.98 Å². The predicted octanol–water partition coefficient (Wildman–Crippen LogP) is 2.11. The van der Waals surface area contributed by atoms with Gasteiger partial charge in [0, 0.05) is 12.0 Å². The summed E-state index contributed by atoms with van der Waals surface area (Å²) in [4.78, 5) is 2.91. The summed E-state index contributed by atoms with van der Waals surface area (Å²) >= 11 is 0. The van der Waals surface area contributed by atoms with Gasteiger partial charge in [0.1, 0.15) is 0 Å². The Hall–Kier alpha value is -1.83. The van der Waals surface area contributed by atoms with Crippen molar-refractivity contribution in [2.24, 2.45) is 0 Å². The van der Waals surface area contributed by atoms with E-state index in [2.05, 4.69) is 36.2 Å². The number of aromatic hydroxyl groups is 1. The van der Waals surface area contributed by atoms with Crippen molar-refractivity contribution in [1.29, 1.82) is 0 Å². The Balaban J connectivity index is 2.18. The monoisotopic (exact) mass is 200 g/mol. The van der Waals surface area contributed by atoms with Gasteiger partial charge < -0.3 is 5.11 Å². The largest absolute Gasteiger partial charge is 0.503 e. The topological polar surface area (TPSA) is 34.4 Å². The molecule has 0 saturated heterocycles. The van der Waals surface area contributed by atoms with Crippen LogP contribution in [0.1, 0.15) is 16.7 Å². The lowest BCUT2D eigenvalue weighted by atomic mass is 10.1. The van der Waals surface area contributed by atoms with E-state index in [0.29, 0.717) is 0 Å². The summed E-state index contributed by atoms with van der Waals surface area (Å²) in [5.41, 5.74) is 3.60. The normalized spacial score (nSPS) is 10.2. The number of rotatable bonds is 2. The van der Waals surface area contributed by atoms with Gasteiger partial charge in [-0.25, -0.2) is 4.98 Å². The maximum Gasteiger partial charge on any atom is 0.209 e. The molecule has 2 heteroatoms. The van der Waals surface area contributed by atoms with Gasteiger partial charge in [0.25, 0.3) is 0 Å². The van der Waals surface area contributed by atoms with Gasteiger partial charge in [0.05, 0.1) is 0 Å². The van der Waals surface area contributed by atoms with Crippen molar-refractivity contribution in [3.05, 3.63) is 59.4 Å². The lowest BCUT2D eigenvalue weighted by Crippen LogP contribution is -2.01. The summed E-state index contributed by atoms with van der Waals surface area (Å²) in [5, 5.41) is 9.30. The number of benzene rings is 1. The molecule has 1 heterocycles. The van der Waals surface area contributed by atoms with Gasteiger partial charge in [-0.1, -0.05) is 29.8 Å². The zero-order chi connectivity index (χ0) is 10.7. The molecule has 0 atom stereocenters. The number of hydrogen-bond acceptors (Lipinski definition) is 1. The second-order valence-electron chi connectivity index (χ2n) is 3.76. The molecule has 0 aliphatic heterocycles. The average Bonchev–Trinajstić information content (AvgIpc) is 2.22. The molecule has 0 unspecified atom stereocenters. The number of aromatic amines is 1. The number of pyridine rings is 1. The number of H-pyrrole nitrogens is 1. The van der Waals surface area contributed by atoms with Crippen LogP contribution in [0.4, 0.5) is 0 Å². The Morgan fingerprint density at radius 2 is 1.80 bits per heavy atom. The van der Waals surface area contributed by atoms with E-state index >= 15 is 0 Å². The Kier molecular flexibility index (Phi) is 2.68. The van der Waals surface area contributed by atoms with Crippen LogP contribution in [0.3, 0.4) is 0 Å². The van der Waals surface area contributed by atoms with E-state index in [9.17, 15) is 5.11 Å². The molecule has 1 aromatic heterocycles. The molecule has 0 aliphatic carbocycles. The summed E-state index contributed by atoms with van der Waals surface area (Å²) in [5.74, 6) is 0.277. The highest BCUT2D eigenvalue weighted by molar-refractivity contribution is 5.28. The summed E-state index contributed by atoms with van der Waals surface area (Å²) in [7, 11) is 0. The molecule has 0 aliphatic rings. The van der Waals surface area contributed by atoms with Crippen LogP contribution in [0.2, 0.25) is 0 Å². The zero-order valence-corrected chi connectivity index (χ0v) is 8.70. The van der Waals surface area contributed by atoms with Crippen LogP contribution in [0.25, 0.3) is 0 Å². The first kappa shape index (κ1) is 9.71. The Labute approximate surface area is 89.2 Å². The van der Waals surface area contributed by atoms with E-state index in [4.69, 9.17) is 0 Å². The number of hydrogen-bond donors (Lipinski definition) is 1. The molecular weight excluding hydrogens is 186 g/mol. The van der Waals surface area contributed by atoms with Gasteiger partial charge >= 0.3 is 0 Å². The molecule has 76 valence electrons. The fourth-order valence-electron chi connectivity index (χ4n) is 1.55. The Morgan fingerprint density at radius 1 is 1.07 bits per heavy atom. The minimum Gasteiger partial charge on any atom is -0.503 e. The minimum absolute atomic E-state index is 0.277. The molecule has 2 N–H and O–H groups in total. The predicted molar refractivity (Wildman–Crippen MR) is 58.6 cm³/mol. The van der Waals surface area contributed by atoms with Gasteiger partial charge in [-0.05, 0) is 18.6 Å². The van der Waals surface area contributed by atoms with Crippen LogP contribution in [-0.2, 0) is 6.42 Å². The van der Waals surface area contributed by atoms with Crippen molar-refractivity contribution in [2.45, 2.75) is 13.3 Å². The van der Waals surface area contributed by atoms with Crippen molar-refractivity contribution in [3.63, 3.8) is 0 Å². The highest BCUT2D eigenvalue weighted by Gasteiger charge is 2.01. The van der Waals surface area contributed by atoms with Gasteiger partial charge in [-0.2, -0.15) is 0 Å². The van der Waals surface area contributed by atoms with Crippen LogP contribution in [0, 0.1) is 6.92 Å². The number of aromatic nitrogens is 1. The van der Waals surface area contributed by atoms with Crippen LogP contribution in [-0.4, -0.2) is 5.11 Å². The van der Waals surface area contributed by atoms with Crippen molar-refractivity contribution in [1.82, 2.24) is 0 Å². The van der Waals surface area contributed by atoms with Gasteiger partial charge in [0.15, 0.2) is 11.9 Å². The van der Waals surface area contributed by atoms with Crippen molar-refractivity contribution < 1.29 is 10.1 Å². The molecule has 0 fully saturated rings. The van der Waals surface area contributed by atoms with Crippen molar-refractivity contribution in [3.8, 4) is 5.75 Å². The summed E-state index contributed by atoms with van der Waals surface area (Å²) in [6.07, 6.45) is 4.31. The quantitative estimate of drug-likeness (QED) is 0.791. The molecule has 0 amide bonds. The average molecular weight is 200 g/mol. The molecule has 1 aromatic carbocycles. The molecular formula is C13H14NO+. The van der Waals surface area contributed by atoms with Crippen LogP contribution >= 0.6 is 0 Å². The summed E-state index contributed by atoms with van der Waals surface area (Å²) < 4.78 is 0. The first-order chi connectivity index (χ1) is 7.24. The fourth-order valence-corrected chi connectivity index (χ4v) is 1.55. The SMILES string of the molecule is Cc1ccc(Cc2c[nH+]cc(O)c2)cc1. The third-order valence-corrected chi connectivity index (χ3v) is 2.36. The zero-order valence-electron chi connectivity index (χ0n) is 8.70.